The summed E-state index contributed by atoms with van der Waals surface area (Å²) in [5, 5.41) is 0. The SMILES string of the molecule is CCOC(=O)c1cc(OCCCN)cc(C(=O)OCC)n1.Cl.Cl. The van der Waals surface area contributed by atoms with Gasteiger partial charge >= 0.3 is 11.9 Å². The van der Waals surface area contributed by atoms with Crippen LogP contribution in [0.25, 0.3) is 0 Å². The first-order valence-electron chi connectivity index (χ1n) is 6.81. The smallest absolute Gasteiger partial charge is 0.357 e. The number of hydrogen-bond donors (Lipinski definition) is 1. The summed E-state index contributed by atoms with van der Waals surface area (Å²) in [4.78, 5) is 27.4. The minimum absolute atomic E-state index is 0. The van der Waals surface area contributed by atoms with Crippen LogP contribution < -0.4 is 10.5 Å². The van der Waals surface area contributed by atoms with Crippen molar-refractivity contribution in [1.29, 1.82) is 0 Å². The Morgan fingerprint density at radius 2 is 1.52 bits per heavy atom. The zero-order chi connectivity index (χ0) is 15.7. The number of rotatable bonds is 8. The van der Waals surface area contributed by atoms with Gasteiger partial charge in [0, 0.05) is 12.1 Å². The van der Waals surface area contributed by atoms with Crippen LogP contribution >= 0.6 is 24.8 Å². The van der Waals surface area contributed by atoms with Crippen LogP contribution in [0.4, 0.5) is 0 Å². The molecule has 0 aliphatic carbocycles. The Morgan fingerprint density at radius 1 is 1.04 bits per heavy atom. The largest absolute Gasteiger partial charge is 0.493 e. The molecule has 0 radical (unpaired) electrons. The van der Waals surface area contributed by atoms with Gasteiger partial charge in [-0.2, -0.15) is 0 Å². The lowest BCUT2D eigenvalue weighted by Gasteiger charge is -2.09. The Bertz CT molecular complexity index is 464. The van der Waals surface area contributed by atoms with Gasteiger partial charge in [0.1, 0.15) is 5.75 Å². The maximum Gasteiger partial charge on any atom is 0.357 e. The van der Waals surface area contributed by atoms with E-state index in [1.165, 1.54) is 12.1 Å². The zero-order valence-corrected chi connectivity index (χ0v) is 14.7. The maximum absolute atomic E-state index is 11.7. The molecule has 2 N–H and O–H groups in total. The van der Waals surface area contributed by atoms with Crippen molar-refractivity contribution in [3.8, 4) is 5.75 Å². The van der Waals surface area contributed by atoms with Crippen molar-refractivity contribution in [2.24, 2.45) is 5.73 Å². The molecule has 1 rings (SSSR count). The molecule has 0 saturated carbocycles. The molecule has 0 unspecified atom stereocenters. The number of carbonyl (C=O) groups excluding carboxylic acids is 2. The van der Waals surface area contributed by atoms with Gasteiger partial charge in [-0.15, -0.1) is 24.8 Å². The van der Waals surface area contributed by atoms with E-state index in [2.05, 4.69) is 4.98 Å². The van der Waals surface area contributed by atoms with Gasteiger partial charge in [0.25, 0.3) is 0 Å². The normalized spacial score (nSPS) is 9.17. The summed E-state index contributed by atoms with van der Waals surface area (Å²) in [7, 11) is 0. The summed E-state index contributed by atoms with van der Waals surface area (Å²) < 4.78 is 15.2. The number of esters is 2. The Kier molecular flexibility index (Phi) is 13.3. The Morgan fingerprint density at radius 3 is 1.91 bits per heavy atom. The van der Waals surface area contributed by atoms with E-state index in [1.54, 1.807) is 13.8 Å². The maximum atomic E-state index is 11.7. The fourth-order valence-electron chi connectivity index (χ4n) is 1.48. The number of carbonyl (C=O) groups is 2. The predicted molar refractivity (Wildman–Crippen MR) is 89.8 cm³/mol. The van der Waals surface area contributed by atoms with Crippen LogP contribution in [0.1, 0.15) is 41.2 Å². The molecule has 0 aromatic carbocycles. The zero-order valence-electron chi connectivity index (χ0n) is 13.1. The van der Waals surface area contributed by atoms with E-state index in [4.69, 9.17) is 19.9 Å². The number of nitrogens with two attached hydrogens (primary N) is 1. The van der Waals surface area contributed by atoms with Gasteiger partial charge in [0.05, 0.1) is 19.8 Å². The molecule has 132 valence electrons. The Balaban J connectivity index is 0. The number of aromatic nitrogens is 1. The van der Waals surface area contributed by atoms with Crippen LogP contribution in [0.2, 0.25) is 0 Å². The van der Waals surface area contributed by atoms with Crippen LogP contribution in [0.5, 0.6) is 5.75 Å². The molecule has 0 fully saturated rings. The van der Waals surface area contributed by atoms with Crippen LogP contribution in [0.15, 0.2) is 12.1 Å². The third-order valence-corrected chi connectivity index (χ3v) is 2.39. The van der Waals surface area contributed by atoms with Gasteiger partial charge in [0.15, 0.2) is 11.4 Å². The van der Waals surface area contributed by atoms with E-state index in [0.29, 0.717) is 25.3 Å². The molecule has 1 aromatic rings. The molecule has 23 heavy (non-hydrogen) atoms. The molecule has 1 heterocycles. The number of pyridine rings is 1. The summed E-state index contributed by atoms with van der Waals surface area (Å²) in [5.74, 6) is -0.885. The fraction of sp³-hybridized carbons (Fsp3) is 0.500. The molecule has 1 aromatic heterocycles. The van der Waals surface area contributed by atoms with Gasteiger partial charge in [-0.05, 0) is 26.8 Å². The third kappa shape index (κ3) is 8.01. The highest BCUT2D eigenvalue weighted by Crippen LogP contribution is 2.16. The molecule has 0 atom stereocenters. The highest BCUT2D eigenvalue weighted by Gasteiger charge is 2.17. The number of nitrogens with zero attached hydrogens (tertiary/aromatic N) is 1. The summed E-state index contributed by atoms with van der Waals surface area (Å²) >= 11 is 0. The monoisotopic (exact) mass is 368 g/mol. The topological polar surface area (TPSA) is 101 Å². The summed E-state index contributed by atoms with van der Waals surface area (Å²) in [6, 6.07) is 2.86. The van der Waals surface area contributed by atoms with Crippen molar-refractivity contribution in [2.75, 3.05) is 26.4 Å². The van der Waals surface area contributed by atoms with E-state index < -0.39 is 11.9 Å². The van der Waals surface area contributed by atoms with Crippen molar-refractivity contribution in [1.82, 2.24) is 4.98 Å². The van der Waals surface area contributed by atoms with Crippen LogP contribution in [-0.4, -0.2) is 43.3 Å². The van der Waals surface area contributed by atoms with Crippen molar-refractivity contribution in [3.63, 3.8) is 0 Å². The standard InChI is InChI=1S/C14H20N2O5.2ClH/c1-3-19-13(17)11-8-10(21-7-5-6-15)9-12(16-11)14(18)20-4-2;;/h8-9H,3-7,15H2,1-2H3;2*1H. The van der Waals surface area contributed by atoms with E-state index >= 15 is 0 Å². The molecule has 0 amide bonds. The number of hydrogen-bond acceptors (Lipinski definition) is 7. The minimum Gasteiger partial charge on any atom is -0.493 e. The van der Waals surface area contributed by atoms with E-state index in [0.717, 1.165) is 0 Å². The first kappa shape index (κ1) is 23.7. The summed E-state index contributed by atoms with van der Waals surface area (Å²) in [6.07, 6.45) is 0.659. The molecular weight excluding hydrogens is 347 g/mol. The first-order chi connectivity index (χ1) is 10.1. The average molecular weight is 369 g/mol. The molecule has 9 heteroatoms. The quantitative estimate of drug-likeness (QED) is 0.552. The minimum atomic E-state index is -0.618. The van der Waals surface area contributed by atoms with E-state index in [-0.39, 0.29) is 49.4 Å². The first-order valence-corrected chi connectivity index (χ1v) is 6.81. The van der Waals surface area contributed by atoms with E-state index in [9.17, 15) is 9.59 Å². The molecule has 0 bridgehead atoms. The third-order valence-electron chi connectivity index (χ3n) is 2.39. The fourth-order valence-corrected chi connectivity index (χ4v) is 1.48. The molecule has 7 nitrogen and oxygen atoms in total. The van der Waals surface area contributed by atoms with E-state index in [1.807, 2.05) is 0 Å². The number of ether oxygens (including phenoxy) is 3. The second kappa shape index (κ2) is 12.9. The van der Waals surface area contributed by atoms with Crippen LogP contribution in [-0.2, 0) is 9.47 Å². The summed E-state index contributed by atoms with van der Waals surface area (Å²) in [6.45, 7) is 4.67. The van der Waals surface area contributed by atoms with Gasteiger partial charge in [-0.1, -0.05) is 0 Å². The highest BCUT2D eigenvalue weighted by atomic mass is 35.5. The van der Waals surface area contributed by atoms with Gasteiger partial charge in [-0.3, -0.25) is 0 Å². The second-order valence-electron chi connectivity index (χ2n) is 4.00. The second-order valence-corrected chi connectivity index (χ2v) is 4.00. The van der Waals surface area contributed by atoms with Crippen molar-refractivity contribution in [2.45, 2.75) is 20.3 Å². The number of halogens is 2. The molecule has 0 spiro atoms. The molecule has 0 aliphatic heterocycles. The highest BCUT2D eigenvalue weighted by molar-refractivity contribution is 5.92. The lowest BCUT2D eigenvalue weighted by atomic mass is 10.2. The van der Waals surface area contributed by atoms with Gasteiger partial charge < -0.3 is 19.9 Å². The Hall–Kier alpha value is -1.57. The van der Waals surface area contributed by atoms with Gasteiger partial charge in [0.2, 0.25) is 0 Å². The molecular formula is C14H22Cl2N2O5. The average Bonchev–Trinajstić information content (AvgIpc) is 2.48. The van der Waals surface area contributed by atoms with Crippen molar-refractivity contribution in [3.05, 3.63) is 23.5 Å². The Labute approximate surface area is 147 Å². The molecule has 0 saturated heterocycles. The summed E-state index contributed by atoms with van der Waals surface area (Å²) in [5.41, 5.74) is 5.40. The van der Waals surface area contributed by atoms with Crippen molar-refractivity contribution >= 4 is 36.8 Å². The molecule has 0 aliphatic rings. The predicted octanol–water partition coefficient (Wildman–Crippen LogP) is 2.01. The lowest BCUT2D eigenvalue weighted by Crippen LogP contribution is -2.14. The van der Waals surface area contributed by atoms with Crippen molar-refractivity contribution < 1.29 is 23.8 Å². The lowest BCUT2D eigenvalue weighted by molar-refractivity contribution is 0.0510. The van der Waals surface area contributed by atoms with Gasteiger partial charge in [-0.25, -0.2) is 14.6 Å². The van der Waals surface area contributed by atoms with Crippen LogP contribution in [0, 0.1) is 0 Å². The van der Waals surface area contributed by atoms with Crippen LogP contribution in [0.3, 0.4) is 0 Å².